The van der Waals surface area contributed by atoms with Crippen molar-refractivity contribution in [1.82, 2.24) is 4.98 Å². The first-order chi connectivity index (χ1) is 12.0. The molecule has 1 heterocycles. The third kappa shape index (κ3) is 4.06. The first-order valence-corrected chi connectivity index (χ1v) is 8.39. The van der Waals surface area contributed by atoms with Crippen LogP contribution in [-0.4, -0.2) is 23.0 Å². The molecule has 0 aliphatic heterocycles. The molecule has 1 saturated carbocycles. The van der Waals surface area contributed by atoms with Gasteiger partial charge in [-0.2, -0.15) is 0 Å². The van der Waals surface area contributed by atoms with Crippen LogP contribution < -0.4 is 22.1 Å². The highest BCUT2D eigenvalue weighted by atomic mass is 19.1. The van der Waals surface area contributed by atoms with E-state index in [1.807, 2.05) is 30.3 Å². The lowest BCUT2D eigenvalue weighted by atomic mass is 9.91. The number of nitrogens with zero attached hydrogens (tertiary/aromatic N) is 1. The maximum atomic E-state index is 14.4. The van der Waals surface area contributed by atoms with Crippen LogP contribution in [0, 0.1) is 5.82 Å². The molecule has 0 saturated heterocycles. The van der Waals surface area contributed by atoms with Crippen LogP contribution in [0.3, 0.4) is 0 Å². The quantitative estimate of drug-likeness (QED) is 0.668. The number of primary amides is 1. The molecule has 1 aromatic carbocycles. The molecule has 1 aliphatic carbocycles. The maximum absolute atomic E-state index is 14.4. The molecule has 1 unspecified atom stereocenters. The zero-order valence-corrected chi connectivity index (χ0v) is 13.8. The van der Waals surface area contributed by atoms with Gasteiger partial charge in [0, 0.05) is 17.8 Å². The lowest BCUT2D eigenvalue weighted by Gasteiger charge is -2.30. The average Bonchev–Trinajstić information content (AvgIpc) is 2.60. The molecule has 1 aliphatic rings. The Morgan fingerprint density at radius 3 is 2.56 bits per heavy atom. The average molecular weight is 343 g/mol. The van der Waals surface area contributed by atoms with Crippen molar-refractivity contribution in [1.29, 1.82) is 0 Å². The summed E-state index contributed by atoms with van der Waals surface area (Å²) in [6.45, 7) is 0. The van der Waals surface area contributed by atoms with Crippen LogP contribution in [0.4, 0.5) is 21.7 Å². The molecular weight excluding hydrogens is 321 g/mol. The number of hydrogen-bond acceptors (Lipinski definition) is 5. The largest absolute Gasteiger partial charge is 0.365 e. The highest BCUT2D eigenvalue weighted by molar-refractivity contribution is 5.98. The van der Waals surface area contributed by atoms with Gasteiger partial charge in [-0.1, -0.05) is 31.0 Å². The predicted molar refractivity (Wildman–Crippen MR) is 96.3 cm³/mol. The fraction of sp³-hybridized carbons (Fsp3) is 0.333. The molecule has 6 nitrogen and oxygen atoms in total. The molecule has 25 heavy (non-hydrogen) atoms. The summed E-state index contributed by atoms with van der Waals surface area (Å²) in [6.07, 6.45) is 3.88. The topological polar surface area (TPSA) is 106 Å². The molecule has 1 fully saturated rings. The van der Waals surface area contributed by atoms with E-state index >= 15 is 0 Å². The summed E-state index contributed by atoms with van der Waals surface area (Å²) < 4.78 is 14.4. The summed E-state index contributed by atoms with van der Waals surface area (Å²) >= 11 is 0. The van der Waals surface area contributed by atoms with Gasteiger partial charge in [0.25, 0.3) is 5.91 Å². The smallest absolute Gasteiger partial charge is 0.252 e. The van der Waals surface area contributed by atoms with Crippen molar-refractivity contribution >= 4 is 23.2 Å². The molecular formula is C18H22FN5O. The number of carbonyl (C=O) groups is 1. The van der Waals surface area contributed by atoms with Crippen LogP contribution >= 0.6 is 0 Å². The molecule has 0 radical (unpaired) electrons. The number of amides is 1. The van der Waals surface area contributed by atoms with E-state index < -0.39 is 11.7 Å². The number of para-hydroxylation sites is 1. The molecule has 0 spiro atoms. The molecule has 1 aromatic heterocycles. The number of rotatable bonds is 5. The molecule has 1 amide bonds. The number of anilines is 3. The summed E-state index contributed by atoms with van der Waals surface area (Å²) in [5.74, 6) is -1.08. The van der Waals surface area contributed by atoms with E-state index in [4.69, 9.17) is 11.5 Å². The Morgan fingerprint density at radius 1 is 1.16 bits per heavy atom. The number of nitrogens with one attached hydrogen (secondary N) is 2. The van der Waals surface area contributed by atoms with Gasteiger partial charge in [-0.3, -0.25) is 4.79 Å². The zero-order valence-electron chi connectivity index (χ0n) is 13.8. The number of benzene rings is 1. The Kier molecular flexibility index (Phi) is 5.14. The van der Waals surface area contributed by atoms with E-state index in [0.717, 1.165) is 37.4 Å². The van der Waals surface area contributed by atoms with E-state index in [2.05, 4.69) is 15.6 Å². The number of halogens is 1. The number of pyridine rings is 1. The molecule has 0 bridgehead atoms. The first-order valence-electron chi connectivity index (χ1n) is 8.39. The third-order valence-corrected chi connectivity index (χ3v) is 4.42. The van der Waals surface area contributed by atoms with Gasteiger partial charge < -0.3 is 22.1 Å². The molecule has 6 N–H and O–H groups in total. The van der Waals surface area contributed by atoms with Gasteiger partial charge in [0.2, 0.25) is 0 Å². The summed E-state index contributed by atoms with van der Waals surface area (Å²) in [4.78, 5) is 15.9. The SMILES string of the molecule is NC(=O)c1cc(F)c(NC2CCCC[C@@H]2N)nc1Nc1ccccc1. The molecule has 2 atom stereocenters. The molecule has 7 heteroatoms. The Hall–Kier alpha value is -2.67. The number of nitrogens with two attached hydrogens (primary N) is 2. The highest BCUT2D eigenvalue weighted by Crippen LogP contribution is 2.26. The Bertz CT molecular complexity index is 753. The van der Waals surface area contributed by atoms with Gasteiger partial charge in [-0.05, 0) is 31.0 Å². The molecule has 2 aromatic rings. The third-order valence-electron chi connectivity index (χ3n) is 4.42. The second-order valence-corrected chi connectivity index (χ2v) is 6.27. The fourth-order valence-corrected chi connectivity index (χ4v) is 3.05. The van der Waals surface area contributed by atoms with Gasteiger partial charge in [0.1, 0.15) is 5.82 Å². The van der Waals surface area contributed by atoms with E-state index in [-0.39, 0.29) is 29.3 Å². The van der Waals surface area contributed by atoms with Crippen LogP contribution in [0.5, 0.6) is 0 Å². The van der Waals surface area contributed by atoms with Crippen molar-refractivity contribution in [3.05, 3.63) is 47.8 Å². The van der Waals surface area contributed by atoms with Crippen LogP contribution in [-0.2, 0) is 0 Å². The van der Waals surface area contributed by atoms with E-state index in [1.165, 1.54) is 0 Å². The van der Waals surface area contributed by atoms with Crippen molar-refractivity contribution in [2.45, 2.75) is 37.8 Å². The monoisotopic (exact) mass is 343 g/mol. The van der Waals surface area contributed by atoms with Crippen molar-refractivity contribution in [2.24, 2.45) is 11.5 Å². The van der Waals surface area contributed by atoms with Gasteiger partial charge in [-0.25, -0.2) is 9.37 Å². The lowest BCUT2D eigenvalue weighted by molar-refractivity contribution is 0.100. The van der Waals surface area contributed by atoms with Crippen LogP contribution in [0.2, 0.25) is 0 Å². The lowest BCUT2D eigenvalue weighted by Crippen LogP contribution is -2.43. The van der Waals surface area contributed by atoms with Crippen molar-refractivity contribution in [3.63, 3.8) is 0 Å². The fourth-order valence-electron chi connectivity index (χ4n) is 3.05. The number of hydrogen-bond donors (Lipinski definition) is 4. The van der Waals surface area contributed by atoms with Gasteiger partial charge in [-0.15, -0.1) is 0 Å². The van der Waals surface area contributed by atoms with E-state index in [9.17, 15) is 9.18 Å². The highest BCUT2D eigenvalue weighted by Gasteiger charge is 2.24. The van der Waals surface area contributed by atoms with Crippen LogP contribution in [0.15, 0.2) is 36.4 Å². The summed E-state index contributed by atoms with van der Waals surface area (Å²) in [5.41, 5.74) is 12.2. The van der Waals surface area contributed by atoms with E-state index in [1.54, 1.807) is 0 Å². The predicted octanol–water partition coefficient (Wildman–Crippen LogP) is 2.75. The Balaban J connectivity index is 1.91. The van der Waals surface area contributed by atoms with Crippen molar-refractivity contribution in [2.75, 3.05) is 10.6 Å². The van der Waals surface area contributed by atoms with Gasteiger partial charge in [0.05, 0.1) is 5.56 Å². The number of carbonyl (C=O) groups excluding carboxylic acids is 1. The second kappa shape index (κ2) is 7.48. The maximum Gasteiger partial charge on any atom is 0.252 e. The minimum atomic E-state index is -0.745. The zero-order chi connectivity index (χ0) is 17.8. The van der Waals surface area contributed by atoms with E-state index in [0.29, 0.717) is 0 Å². The standard InChI is InChI=1S/C18H22FN5O/c19-13-10-12(16(21)25)17(22-11-6-2-1-3-7-11)24-18(13)23-15-9-5-4-8-14(15)20/h1-3,6-7,10,14-15H,4-5,8-9,20H2,(H2,21,25)(H2,22,23,24)/t14-,15?/m0/s1. The van der Waals surface area contributed by atoms with Crippen LogP contribution in [0.25, 0.3) is 0 Å². The minimum absolute atomic E-state index is 0.000143. The number of aromatic nitrogens is 1. The second-order valence-electron chi connectivity index (χ2n) is 6.27. The van der Waals surface area contributed by atoms with Gasteiger partial charge in [0.15, 0.2) is 11.6 Å². The Labute approximate surface area is 145 Å². The molecule has 132 valence electrons. The normalized spacial score (nSPS) is 20.1. The summed E-state index contributed by atoms with van der Waals surface area (Å²) in [5, 5.41) is 6.11. The Morgan fingerprint density at radius 2 is 1.88 bits per heavy atom. The van der Waals surface area contributed by atoms with Crippen LogP contribution in [0.1, 0.15) is 36.0 Å². The summed E-state index contributed by atoms with van der Waals surface area (Å²) in [7, 11) is 0. The first kappa shape index (κ1) is 17.2. The van der Waals surface area contributed by atoms with Gasteiger partial charge >= 0.3 is 0 Å². The minimum Gasteiger partial charge on any atom is -0.365 e. The van der Waals surface area contributed by atoms with Crippen molar-refractivity contribution < 1.29 is 9.18 Å². The molecule has 3 rings (SSSR count). The summed E-state index contributed by atoms with van der Waals surface area (Å²) in [6, 6.07) is 10.2. The van der Waals surface area contributed by atoms with Crippen molar-refractivity contribution in [3.8, 4) is 0 Å².